The smallest absolute Gasteiger partial charge is 0.326 e. The van der Waals surface area contributed by atoms with Crippen LogP contribution in [0.15, 0.2) is 0 Å². The lowest BCUT2D eigenvalue weighted by Gasteiger charge is -2.24. The van der Waals surface area contributed by atoms with Gasteiger partial charge in [0.2, 0.25) is 23.6 Å². The number of primary amides is 1. The molecular formula is C18H31N5O6. The fourth-order valence-electron chi connectivity index (χ4n) is 2.91. The zero-order valence-corrected chi connectivity index (χ0v) is 17.0. The molecule has 4 amide bonds. The lowest BCUT2D eigenvalue weighted by molar-refractivity contribution is -0.143. The number of nitrogens with one attached hydrogen (secondary N) is 4. The number of carboxylic acid groups (broad SMARTS) is 1. The minimum atomic E-state index is -1.21. The number of rotatable bonds is 11. The normalized spacial score (nSPS) is 19.1. The number of nitrogens with two attached hydrogens (primary N) is 1. The minimum absolute atomic E-state index is 0.0951. The van der Waals surface area contributed by atoms with Crippen molar-refractivity contribution in [3.8, 4) is 0 Å². The first-order valence-electron chi connectivity index (χ1n) is 9.68. The van der Waals surface area contributed by atoms with Gasteiger partial charge in [-0.2, -0.15) is 0 Å². The van der Waals surface area contributed by atoms with Crippen molar-refractivity contribution in [2.24, 2.45) is 11.7 Å². The zero-order valence-electron chi connectivity index (χ0n) is 17.0. The number of carbonyl (C=O) groups excluding carboxylic acids is 4. The Morgan fingerprint density at radius 3 is 2.21 bits per heavy atom. The molecule has 7 N–H and O–H groups in total. The monoisotopic (exact) mass is 413 g/mol. The van der Waals surface area contributed by atoms with Gasteiger partial charge in [0.25, 0.3) is 0 Å². The third-order valence-electron chi connectivity index (χ3n) is 4.67. The van der Waals surface area contributed by atoms with E-state index in [-0.39, 0.29) is 30.7 Å². The Kier molecular flexibility index (Phi) is 9.53. The average Bonchev–Trinajstić information content (AvgIpc) is 3.16. The molecule has 0 aromatic carbocycles. The van der Waals surface area contributed by atoms with Crippen molar-refractivity contribution >= 4 is 29.6 Å². The maximum Gasteiger partial charge on any atom is 0.326 e. The molecule has 4 unspecified atom stereocenters. The van der Waals surface area contributed by atoms with Crippen LogP contribution in [-0.4, -0.2) is 65.4 Å². The Balaban J connectivity index is 2.75. The lowest BCUT2D eigenvalue weighted by atomic mass is 10.0. The summed E-state index contributed by atoms with van der Waals surface area (Å²) in [6.45, 7) is 5.46. The summed E-state index contributed by atoms with van der Waals surface area (Å²) in [5.41, 5.74) is 5.12. The number of carbonyl (C=O) groups is 5. The minimum Gasteiger partial charge on any atom is -0.480 e. The van der Waals surface area contributed by atoms with Crippen molar-refractivity contribution in [1.29, 1.82) is 0 Å². The molecule has 29 heavy (non-hydrogen) atoms. The van der Waals surface area contributed by atoms with E-state index in [1.165, 1.54) is 6.92 Å². The molecular weight excluding hydrogens is 382 g/mol. The summed E-state index contributed by atoms with van der Waals surface area (Å²) >= 11 is 0. The molecule has 1 aliphatic rings. The summed E-state index contributed by atoms with van der Waals surface area (Å²) in [5, 5.41) is 19.7. The van der Waals surface area contributed by atoms with Crippen LogP contribution in [0.2, 0.25) is 0 Å². The Labute approximate surface area is 169 Å². The summed E-state index contributed by atoms with van der Waals surface area (Å²) in [4.78, 5) is 59.5. The number of aliphatic carboxylic acids is 1. The number of amides is 4. The third kappa shape index (κ3) is 8.06. The van der Waals surface area contributed by atoms with Gasteiger partial charge in [0.15, 0.2) is 0 Å². The van der Waals surface area contributed by atoms with E-state index in [1.807, 2.05) is 0 Å². The highest BCUT2D eigenvalue weighted by molar-refractivity contribution is 5.94. The second-order valence-electron chi connectivity index (χ2n) is 7.51. The molecule has 164 valence electrons. The number of carboxylic acids is 1. The molecule has 11 heteroatoms. The van der Waals surface area contributed by atoms with Gasteiger partial charge in [0.1, 0.15) is 18.1 Å². The van der Waals surface area contributed by atoms with E-state index in [9.17, 15) is 29.1 Å². The maximum atomic E-state index is 12.5. The van der Waals surface area contributed by atoms with Gasteiger partial charge >= 0.3 is 5.97 Å². The predicted octanol–water partition coefficient (Wildman–Crippen LogP) is -1.78. The molecule has 1 aliphatic heterocycles. The number of hydrogen-bond donors (Lipinski definition) is 6. The average molecular weight is 413 g/mol. The topological polar surface area (TPSA) is 180 Å². The van der Waals surface area contributed by atoms with E-state index in [4.69, 9.17) is 5.73 Å². The summed E-state index contributed by atoms with van der Waals surface area (Å²) in [5.74, 6) is -3.94. The van der Waals surface area contributed by atoms with Gasteiger partial charge < -0.3 is 32.1 Å². The Morgan fingerprint density at radius 1 is 1.07 bits per heavy atom. The molecule has 1 fully saturated rings. The Bertz CT molecular complexity index is 632. The molecule has 1 heterocycles. The maximum absolute atomic E-state index is 12.5. The van der Waals surface area contributed by atoms with Crippen LogP contribution in [0.4, 0.5) is 0 Å². The van der Waals surface area contributed by atoms with E-state index in [0.29, 0.717) is 6.42 Å². The first-order chi connectivity index (χ1) is 13.5. The van der Waals surface area contributed by atoms with E-state index in [1.54, 1.807) is 13.8 Å². The van der Waals surface area contributed by atoms with Crippen LogP contribution in [0.25, 0.3) is 0 Å². The van der Waals surface area contributed by atoms with Crippen LogP contribution in [-0.2, 0) is 24.0 Å². The first kappa shape index (κ1) is 24.3. The highest BCUT2D eigenvalue weighted by Gasteiger charge is 2.30. The molecule has 0 aromatic rings. The fraction of sp³-hybridized carbons (Fsp3) is 0.722. The van der Waals surface area contributed by atoms with Crippen LogP contribution in [0.1, 0.15) is 46.5 Å². The van der Waals surface area contributed by atoms with Crippen molar-refractivity contribution in [2.75, 3.05) is 6.54 Å². The van der Waals surface area contributed by atoms with E-state index >= 15 is 0 Å². The van der Waals surface area contributed by atoms with E-state index in [0.717, 1.165) is 13.0 Å². The molecule has 0 spiro atoms. The molecule has 4 atom stereocenters. The van der Waals surface area contributed by atoms with Crippen LogP contribution in [0, 0.1) is 5.92 Å². The van der Waals surface area contributed by atoms with Crippen molar-refractivity contribution in [1.82, 2.24) is 21.3 Å². The lowest BCUT2D eigenvalue weighted by Crippen LogP contribution is -2.57. The Hall–Kier alpha value is -2.69. The standard InChI is InChI=1S/C18H31N5O6/c1-9(2)14(18(28)29)23-17(27)12(6-7-13(19)24)22-15(25)10(3)21-16(26)11-5-4-8-20-11/h9-12,14,20H,4-8H2,1-3H3,(H2,19,24)(H,21,26)(H,22,25)(H,23,27)(H,28,29). The van der Waals surface area contributed by atoms with Crippen LogP contribution in [0.5, 0.6) is 0 Å². The molecule has 1 saturated heterocycles. The number of hydrogen-bond acceptors (Lipinski definition) is 6. The summed E-state index contributed by atoms with van der Waals surface area (Å²) < 4.78 is 0. The van der Waals surface area contributed by atoms with Gasteiger partial charge in [-0.05, 0) is 38.6 Å². The molecule has 0 aromatic heterocycles. The first-order valence-corrected chi connectivity index (χ1v) is 9.68. The van der Waals surface area contributed by atoms with Gasteiger partial charge in [0.05, 0.1) is 6.04 Å². The van der Waals surface area contributed by atoms with E-state index in [2.05, 4.69) is 21.3 Å². The molecule has 0 saturated carbocycles. The van der Waals surface area contributed by atoms with Gasteiger partial charge in [-0.1, -0.05) is 13.8 Å². The summed E-state index contributed by atoms with van der Waals surface area (Å²) in [7, 11) is 0. The highest BCUT2D eigenvalue weighted by Crippen LogP contribution is 2.07. The predicted molar refractivity (Wildman–Crippen MR) is 103 cm³/mol. The van der Waals surface area contributed by atoms with Gasteiger partial charge in [-0.15, -0.1) is 0 Å². The molecule has 0 aliphatic carbocycles. The van der Waals surface area contributed by atoms with Gasteiger partial charge in [-0.3, -0.25) is 19.2 Å². The summed E-state index contributed by atoms with van der Waals surface area (Å²) in [6.07, 6.45) is 1.27. The van der Waals surface area contributed by atoms with Gasteiger partial charge in [0, 0.05) is 6.42 Å². The summed E-state index contributed by atoms with van der Waals surface area (Å²) in [6, 6.07) is -3.60. The second kappa shape index (κ2) is 11.3. The quantitative estimate of drug-likeness (QED) is 0.231. The van der Waals surface area contributed by atoms with Crippen molar-refractivity contribution in [3.05, 3.63) is 0 Å². The third-order valence-corrected chi connectivity index (χ3v) is 4.67. The molecule has 11 nitrogen and oxygen atoms in total. The van der Waals surface area contributed by atoms with Crippen LogP contribution in [0.3, 0.4) is 0 Å². The van der Waals surface area contributed by atoms with Crippen LogP contribution < -0.4 is 27.0 Å². The molecule has 1 rings (SSSR count). The van der Waals surface area contributed by atoms with Crippen molar-refractivity contribution in [3.63, 3.8) is 0 Å². The largest absolute Gasteiger partial charge is 0.480 e. The van der Waals surface area contributed by atoms with Crippen molar-refractivity contribution in [2.45, 2.75) is 70.6 Å². The second-order valence-corrected chi connectivity index (χ2v) is 7.51. The van der Waals surface area contributed by atoms with Gasteiger partial charge in [-0.25, -0.2) is 4.79 Å². The SMILES string of the molecule is CC(NC(=O)C1CCCN1)C(=O)NC(CCC(N)=O)C(=O)NC(C(=O)O)C(C)C. The highest BCUT2D eigenvalue weighted by atomic mass is 16.4. The van der Waals surface area contributed by atoms with E-state index < -0.39 is 41.8 Å². The zero-order chi connectivity index (χ0) is 22.1. The van der Waals surface area contributed by atoms with Crippen molar-refractivity contribution < 1.29 is 29.1 Å². The Morgan fingerprint density at radius 2 is 1.72 bits per heavy atom. The van der Waals surface area contributed by atoms with Crippen LogP contribution >= 0.6 is 0 Å². The molecule has 0 radical (unpaired) electrons. The molecule has 0 bridgehead atoms. The fourth-order valence-corrected chi connectivity index (χ4v) is 2.91.